The smallest absolute Gasteiger partial charge is 0.143 e. The zero-order valence-corrected chi connectivity index (χ0v) is 18.1. The molecule has 7 heteroatoms. The Hall–Kier alpha value is -3.71. The third-order valence-corrected chi connectivity index (χ3v) is 6.04. The van der Waals surface area contributed by atoms with Crippen molar-refractivity contribution in [2.45, 2.75) is 13.5 Å². The molecular formula is C24H21N5OS. The van der Waals surface area contributed by atoms with Crippen molar-refractivity contribution in [2.75, 3.05) is 7.11 Å². The van der Waals surface area contributed by atoms with Gasteiger partial charge in [0, 0.05) is 16.6 Å². The second-order valence-corrected chi connectivity index (χ2v) is 8.19. The summed E-state index contributed by atoms with van der Waals surface area (Å²) in [4.78, 5) is 5.56. The molecule has 0 atom stereocenters. The predicted octanol–water partition coefficient (Wildman–Crippen LogP) is 5.22. The molecule has 5 aromatic rings. The summed E-state index contributed by atoms with van der Waals surface area (Å²) in [6.45, 7) is 2.62. The number of imidazole rings is 1. The molecule has 0 unspecified atom stereocenters. The van der Waals surface area contributed by atoms with Crippen LogP contribution >= 0.6 is 11.3 Å². The standard InChI is InChI=1S/C24H21N5OS/c1-17-13-28(16-25-17)22-10-9-18(12-23(22)30-2)21-15-29(27-26-21)14-19-6-3-4-7-20(19)24-8-5-11-31-24/h3-13,15-16H,14H2,1-2H3. The number of hydrogen-bond acceptors (Lipinski definition) is 5. The number of hydrogen-bond donors (Lipinski definition) is 0. The van der Waals surface area contributed by atoms with Crippen LogP contribution in [0.4, 0.5) is 0 Å². The van der Waals surface area contributed by atoms with Crippen LogP contribution in [0.2, 0.25) is 0 Å². The van der Waals surface area contributed by atoms with Gasteiger partial charge in [0.15, 0.2) is 0 Å². The molecule has 0 bridgehead atoms. The van der Waals surface area contributed by atoms with Gasteiger partial charge in [0.05, 0.1) is 37.6 Å². The molecule has 154 valence electrons. The highest BCUT2D eigenvalue weighted by Crippen LogP contribution is 2.30. The number of benzene rings is 2. The van der Waals surface area contributed by atoms with Gasteiger partial charge < -0.3 is 9.30 Å². The summed E-state index contributed by atoms with van der Waals surface area (Å²) in [6, 6.07) is 18.7. The highest BCUT2D eigenvalue weighted by molar-refractivity contribution is 7.13. The van der Waals surface area contributed by atoms with Gasteiger partial charge in [0.2, 0.25) is 0 Å². The topological polar surface area (TPSA) is 57.8 Å². The van der Waals surface area contributed by atoms with Crippen molar-refractivity contribution in [3.63, 3.8) is 0 Å². The first-order valence-corrected chi connectivity index (χ1v) is 10.8. The molecule has 0 spiro atoms. The molecule has 3 heterocycles. The van der Waals surface area contributed by atoms with E-state index in [4.69, 9.17) is 4.74 Å². The first kappa shape index (κ1) is 19.3. The Morgan fingerprint density at radius 1 is 1.03 bits per heavy atom. The van der Waals surface area contributed by atoms with Gasteiger partial charge in [-0.3, -0.25) is 0 Å². The number of aryl methyl sites for hydroxylation is 1. The first-order valence-electron chi connectivity index (χ1n) is 9.92. The molecule has 31 heavy (non-hydrogen) atoms. The maximum Gasteiger partial charge on any atom is 0.143 e. The summed E-state index contributed by atoms with van der Waals surface area (Å²) in [5.41, 5.74) is 6.09. The van der Waals surface area contributed by atoms with Gasteiger partial charge in [-0.15, -0.1) is 16.4 Å². The lowest BCUT2D eigenvalue weighted by Crippen LogP contribution is -2.01. The second-order valence-electron chi connectivity index (χ2n) is 7.24. The molecule has 0 saturated heterocycles. The third-order valence-electron chi connectivity index (χ3n) is 5.14. The van der Waals surface area contributed by atoms with Crippen molar-refractivity contribution >= 4 is 11.3 Å². The predicted molar refractivity (Wildman–Crippen MR) is 123 cm³/mol. The summed E-state index contributed by atoms with van der Waals surface area (Å²) in [5.74, 6) is 0.757. The van der Waals surface area contributed by atoms with E-state index in [0.717, 1.165) is 28.4 Å². The molecule has 2 aromatic carbocycles. The van der Waals surface area contributed by atoms with Gasteiger partial charge in [-0.1, -0.05) is 41.6 Å². The molecule has 6 nitrogen and oxygen atoms in total. The fourth-order valence-corrected chi connectivity index (χ4v) is 4.40. The highest BCUT2D eigenvalue weighted by atomic mass is 32.1. The lowest BCUT2D eigenvalue weighted by Gasteiger charge is -2.10. The van der Waals surface area contributed by atoms with Crippen LogP contribution in [-0.4, -0.2) is 31.7 Å². The Morgan fingerprint density at radius 2 is 1.94 bits per heavy atom. The Morgan fingerprint density at radius 3 is 2.71 bits per heavy atom. The number of ether oxygens (including phenoxy) is 1. The van der Waals surface area contributed by atoms with E-state index in [-0.39, 0.29) is 0 Å². The monoisotopic (exact) mass is 427 g/mol. The molecule has 0 aliphatic carbocycles. The Kier molecular flexibility index (Phi) is 5.09. The first-order chi connectivity index (χ1) is 15.2. The van der Waals surface area contributed by atoms with Crippen LogP contribution in [0.5, 0.6) is 5.75 Å². The van der Waals surface area contributed by atoms with E-state index in [9.17, 15) is 0 Å². The van der Waals surface area contributed by atoms with Gasteiger partial charge in [-0.25, -0.2) is 9.67 Å². The Labute approximate surface area is 184 Å². The van der Waals surface area contributed by atoms with Gasteiger partial charge in [0.25, 0.3) is 0 Å². The van der Waals surface area contributed by atoms with E-state index in [1.54, 1.807) is 24.8 Å². The van der Waals surface area contributed by atoms with Crippen LogP contribution in [0.15, 0.2) is 78.7 Å². The molecule has 3 aromatic heterocycles. The SMILES string of the molecule is COc1cc(-c2cn(Cc3ccccc3-c3cccs3)nn2)ccc1-n1cnc(C)c1. The summed E-state index contributed by atoms with van der Waals surface area (Å²) in [5, 5.41) is 10.9. The maximum absolute atomic E-state index is 5.63. The maximum atomic E-state index is 5.63. The number of methoxy groups -OCH3 is 1. The van der Waals surface area contributed by atoms with Crippen LogP contribution in [0.3, 0.4) is 0 Å². The van der Waals surface area contributed by atoms with Crippen LogP contribution in [-0.2, 0) is 6.54 Å². The number of aromatic nitrogens is 5. The molecule has 0 saturated carbocycles. The molecule has 5 rings (SSSR count). The van der Waals surface area contributed by atoms with Crippen molar-refractivity contribution in [1.29, 1.82) is 0 Å². The minimum atomic E-state index is 0.657. The van der Waals surface area contributed by atoms with E-state index in [2.05, 4.69) is 57.1 Å². The molecule has 0 aliphatic heterocycles. The molecule has 0 aliphatic rings. The lowest BCUT2D eigenvalue weighted by molar-refractivity contribution is 0.413. The fraction of sp³-hybridized carbons (Fsp3) is 0.125. The summed E-state index contributed by atoms with van der Waals surface area (Å²) in [7, 11) is 1.67. The van der Waals surface area contributed by atoms with E-state index >= 15 is 0 Å². The van der Waals surface area contributed by atoms with Gasteiger partial charge in [0.1, 0.15) is 11.4 Å². The van der Waals surface area contributed by atoms with E-state index in [1.807, 2.05) is 46.8 Å². The minimum absolute atomic E-state index is 0.657. The minimum Gasteiger partial charge on any atom is -0.495 e. The average molecular weight is 428 g/mol. The fourth-order valence-electron chi connectivity index (χ4n) is 3.62. The van der Waals surface area contributed by atoms with Gasteiger partial charge in [-0.05, 0) is 41.6 Å². The Balaban J connectivity index is 1.43. The van der Waals surface area contributed by atoms with E-state index in [1.165, 1.54) is 16.0 Å². The third kappa shape index (κ3) is 3.87. The average Bonchev–Trinajstić information content (AvgIpc) is 3.56. The van der Waals surface area contributed by atoms with E-state index in [0.29, 0.717) is 6.54 Å². The van der Waals surface area contributed by atoms with Crippen LogP contribution in [0.1, 0.15) is 11.3 Å². The van der Waals surface area contributed by atoms with Crippen molar-refractivity contribution < 1.29 is 4.74 Å². The van der Waals surface area contributed by atoms with Crippen molar-refractivity contribution in [2.24, 2.45) is 0 Å². The largest absolute Gasteiger partial charge is 0.495 e. The number of nitrogens with zero attached hydrogens (tertiary/aromatic N) is 5. The van der Waals surface area contributed by atoms with Gasteiger partial charge in [-0.2, -0.15) is 0 Å². The zero-order valence-electron chi connectivity index (χ0n) is 17.3. The number of rotatable bonds is 6. The second kappa shape index (κ2) is 8.20. The van der Waals surface area contributed by atoms with Crippen LogP contribution in [0, 0.1) is 6.92 Å². The normalized spacial score (nSPS) is 11.0. The highest BCUT2D eigenvalue weighted by Gasteiger charge is 2.12. The molecule has 0 fully saturated rings. The van der Waals surface area contributed by atoms with Crippen molar-refractivity contribution in [3.8, 4) is 33.1 Å². The molecule has 0 N–H and O–H groups in total. The Bertz CT molecular complexity index is 1320. The van der Waals surface area contributed by atoms with Crippen molar-refractivity contribution in [1.82, 2.24) is 24.5 Å². The van der Waals surface area contributed by atoms with Crippen LogP contribution in [0.25, 0.3) is 27.4 Å². The molecule has 0 amide bonds. The van der Waals surface area contributed by atoms with Crippen LogP contribution < -0.4 is 4.74 Å². The summed E-state index contributed by atoms with van der Waals surface area (Å²) in [6.07, 6.45) is 5.73. The van der Waals surface area contributed by atoms with Gasteiger partial charge >= 0.3 is 0 Å². The molecule has 0 radical (unpaired) electrons. The summed E-state index contributed by atoms with van der Waals surface area (Å²) < 4.78 is 9.46. The number of thiophene rings is 1. The quantitative estimate of drug-likeness (QED) is 0.373. The van der Waals surface area contributed by atoms with Crippen molar-refractivity contribution in [3.05, 3.63) is 90.0 Å². The zero-order chi connectivity index (χ0) is 21.2. The lowest BCUT2D eigenvalue weighted by atomic mass is 10.1. The summed E-state index contributed by atoms with van der Waals surface area (Å²) >= 11 is 1.74. The molecular weight excluding hydrogens is 406 g/mol. The van der Waals surface area contributed by atoms with E-state index < -0.39 is 0 Å².